The summed E-state index contributed by atoms with van der Waals surface area (Å²) in [4.78, 5) is 2.53. The predicted molar refractivity (Wildman–Crippen MR) is 88.2 cm³/mol. The summed E-state index contributed by atoms with van der Waals surface area (Å²) in [5.41, 5.74) is 2.49. The van der Waals surface area contributed by atoms with E-state index >= 15 is 0 Å². The van der Waals surface area contributed by atoms with Crippen molar-refractivity contribution >= 4 is 12.4 Å². The first-order valence-electron chi connectivity index (χ1n) is 7.34. The first-order valence-corrected chi connectivity index (χ1v) is 7.34. The molecule has 0 spiro atoms. The van der Waals surface area contributed by atoms with Crippen LogP contribution in [0.3, 0.4) is 0 Å². The summed E-state index contributed by atoms with van der Waals surface area (Å²) in [6.07, 6.45) is 6.37. The van der Waals surface area contributed by atoms with Crippen LogP contribution in [0.1, 0.15) is 18.4 Å². The number of rotatable bonds is 4. The number of nitrogens with zero attached hydrogens (tertiary/aromatic N) is 3. The maximum atomic E-state index is 4.29. The van der Waals surface area contributed by atoms with Gasteiger partial charge in [-0.05, 0) is 50.2 Å². The Hall–Kier alpha value is -1.36. The predicted octanol–water partition coefficient (Wildman–Crippen LogP) is 2.48. The number of halogens is 1. The van der Waals surface area contributed by atoms with Gasteiger partial charge in [0.05, 0.1) is 5.69 Å². The van der Waals surface area contributed by atoms with Crippen LogP contribution in [0.2, 0.25) is 0 Å². The second-order valence-electron chi connectivity index (χ2n) is 5.48. The van der Waals surface area contributed by atoms with Crippen molar-refractivity contribution in [1.29, 1.82) is 0 Å². The Labute approximate surface area is 132 Å². The molecule has 1 aromatic carbocycles. The topological polar surface area (TPSA) is 33.1 Å². The molecule has 1 unspecified atom stereocenters. The number of likely N-dealkylation sites (tertiary alicyclic amines) is 1. The molecule has 1 aliphatic rings. The van der Waals surface area contributed by atoms with E-state index in [-0.39, 0.29) is 12.4 Å². The lowest BCUT2D eigenvalue weighted by atomic mass is 10.0. The summed E-state index contributed by atoms with van der Waals surface area (Å²) < 4.78 is 1.91. The minimum atomic E-state index is 0. The van der Waals surface area contributed by atoms with Crippen molar-refractivity contribution in [2.45, 2.75) is 25.4 Å². The molecule has 0 saturated carbocycles. The summed E-state index contributed by atoms with van der Waals surface area (Å²) >= 11 is 0. The first kappa shape index (κ1) is 16.0. The number of piperidine rings is 1. The molecule has 0 bridgehead atoms. The van der Waals surface area contributed by atoms with Crippen LogP contribution in [-0.2, 0) is 6.54 Å². The van der Waals surface area contributed by atoms with E-state index in [1.165, 1.54) is 24.9 Å². The Balaban J connectivity index is 0.00000161. The van der Waals surface area contributed by atoms with E-state index < -0.39 is 0 Å². The van der Waals surface area contributed by atoms with Gasteiger partial charge in [-0.3, -0.25) is 4.90 Å². The zero-order valence-electron chi connectivity index (χ0n) is 12.4. The fourth-order valence-electron chi connectivity index (χ4n) is 2.91. The molecule has 5 heteroatoms. The van der Waals surface area contributed by atoms with E-state index in [2.05, 4.69) is 46.6 Å². The SMILES string of the molecule is CNC1CCCN(Cc2cccc(-n3cccn3)c2)C1.Cl. The van der Waals surface area contributed by atoms with E-state index in [4.69, 9.17) is 0 Å². The van der Waals surface area contributed by atoms with Crippen LogP contribution >= 0.6 is 12.4 Å². The average Bonchev–Trinajstić information content (AvgIpc) is 3.02. The van der Waals surface area contributed by atoms with Crippen molar-refractivity contribution in [2.75, 3.05) is 20.1 Å². The minimum Gasteiger partial charge on any atom is -0.316 e. The van der Waals surface area contributed by atoms with E-state index in [1.807, 2.05) is 23.1 Å². The van der Waals surface area contributed by atoms with Crippen LogP contribution < -0.4 is 5.32 Å². The number of benzene rings is 1. The smallest absolute Gasteiger partial charge is 0.0648 e. The standard InChI is InChI=1S/C16H22N4.ClH/c1-17-15-6-3-9-19(13-15)12-14-5-2-7-16(11-14)20-10-4-8-18-20;/h2,4-5,7-8,10-11,15,17H,3,6,9,12-13H2,1H3;1H. The average molecular weight is 307 g/mol. The Bertz CT molecular complexity index is 541. The van der Waals surface area contributed by atoms with Gasteiger partial charge in [0, 0.05) is 31.5 Å². The Kier molecular flexibility index (Phi) is 5.79. The summed E-state index contributed by atoms with van der Waals surface area (Å²) in [6, 6.07) is 11.2. The number of hydrogen-bond acceptors (Lipinski definition) is 3. The fourth-order valence-corrected chi connectivity index (χ4v) is 2.91. The Morgan fingerprint density at radius 1 is 1.33 bits per heavy atom. The fraction of sp³-hybridized carbons (Fsp3) is 0.438. The number of hydrogen-bond donors (Lipinski definition) is 1. The van der Waals surface area contributed by atoms with Gasteiger partial charge in [0.15, 0.2) is 0 Å². The Morgan fingerprint density at radius 3 is 3.00 bits per heavy atom. The van der Waals surface area contributed by atoms with Crippen molar-refractivity contribution in [3.8, 4) is 5.69 Å². The van der Waals surface area contributed by atoms with E-state index in [0.717, 1.165) is 18.8 Å². The molecule has 2 aromatic rings. The second-order valence-corrected chi connectivity index (χ2v) is 5.48. The maximum absolute atomic E-state index is 4.29. The minimum absolute atomic E-state index is 0. The molecule has 1 atom stereocenters. The molecule has 0 aliphatic carbocycles. The normalized spacial score (nSPS) is 19.2. The molecule has 114 valence electrons. The second kappa shape index (κ2) is 7.59. The van der Waals surface area contributed by atoms with Gasteiger partial charge in [-0.25, -0.2) is 4.68 Å². The molecule has 0 radical (unpaired) electrons. The zero-order valence-corrected chi connectivity index (χ0v) is 13.2. The van der Waals surface area contributed by atoms with Gasteiger partial charge in [0.2, 0.25) is 0 Å². The summed E-state index contributed by atoms with van der Waals surface area (Å²) in [7, 11) is 2.06. The van der Waals surface area contributed by atoms with Gasteiger partial charge >= 0.3 is 0 Å². The molecular weight excluding hydrogens is 284 g/mol. The summed E-state index contributed by atoms with van der Waals surface area (Å²) in [6.45, 7) is 3.36. The van der Waals surface area contributed by atoms with Crippen LogP contribution in [0.5, 0.6) is 0 Å². The maximum Gasteiger partial charge on any atom is 0.0648 e. The van der Waals surface area contributed by atoms with Gasteiger partial charge in [0.25, 0.3) is 0 Å². The van der Waals surface area contributed by atoms with Crippen LogP contribution in [0.4, 0.5) is 0 Å². The third kappa shape index (κ3) is 4.06. The van der Waals surface area contributed by atoms with Crippen molar-refractivity contribution in [1.82, 2.24) is 20.0 Å². The summed E-state index contributed by atoms with van der Waals surface area (Å²) in [5, 5.41) is 7.69. The largest absolute Gasteiger partial charge is 0.316 e. The van der Waals surface area contributed by atoms with E-state index in [9.17, 15) is 0 Å². The lowest BCUT2D eigenvalue weighted by Gasteiger charge is -2.32. The highest BCUT2D eigenvalue weighted by atomic mass is 35.5. The molecule has 21 heavy (non-hydrogen) atoms. The van der Waals surface area contributed by atoms with Crippen molar-refractivity contribution in [3.63, 3.8) is 0 Å². The molecule has 4 nitrogen and oxygen atoms in total. The lowest BCUT2D eigenvalue weighted by Crippen LogP contribution is -2.43. The molecular formula is C16H23ClN4. The Morgan fingerprint density at radius 2 is 2.24 bits per heavy atom. The lowest BCUT2D eigenvalue weighted by molar-refractivity contribution is 0.188. The van der Waals surface area contributed by atoms with Gasteiger partial charge in [-0.15, -0.1) is 12.4 Å². The van der Waals surface area contributed by atoms with Gasteiger partial charge in [-0.2, -0.15) is 5.10 Å². The zero-order chi connectivity index (χ0) is 13.8. The molecule has 2 heterocycles. The van der Waals surface area contributed by atoms with Gasteiger partial charge in [-0.1, -0.05) is 12.1 Å². The highest BCUT2D eigenvalue weighted by Crippen LogP contribution is 2.15. The highest BCUT2D eigenvalue weighted by Gasteiger charge is 2.18. The monoisotopic (exact) mass is 306 g/mol. The highest BCUT2D eigenvalue weighted by molar-refractivity contribution is 5.85. The van der Waals surface area contributed by atoms with Crippen molar-refractivity contribution in [3.05, 3.63) is 48.3 Å². The first-order chi connectivity index (χ1) is 9.85. The van der Waals surface area contributed by atoms with Crippen LogP contribution in [0.15, 0.2) is 42.7 Å². The quantitative estimate of drug-likeness (QED) is 0.942. The number of likely N-dealkylation sites (N-methyl/N-ethyl adjacent to an activating group) is 1. The molecule has 1 fully saturated rings. The molecule has 1 N–H and O–H groups in total. The third-order valence-electron chi connectivity index (χ3n) is 4.00. The number of aromatic nitrogens is 2. The van der Waals surface area contributed by atoms with Crippen molar-refractivity contribution < 1.29 is 0 Å². The van der Waals surface area contributed by atoms with E-state index in [1.54, 1.807) is 0 Å². The number of nitrogens with one attached hydrogen (secondary N) is 1. The molecule has 0 amide bonds. The summed E-state index contributed by atoms with van der Waals surface area (Å²) in [5.74, 6) is 0. The van der Waals surface area contributed by atoms with Crippen LogP contribution in [0.25, 0.3) is 5.69 Å². The van der Waals surface area contributed by atoms with Crippen LogP contribution in [-0.4, -0.2) is 40.9 Å². The van der Waals surface area contributed by atoms with Gasteiger partial charge in [0.1, 0.15) is 0 Å². The molecule has 1 aliphatic heterocycles. The van der Waals surface area contributed by atoms with E-state index in [0.29, 0.717) is 6.04 Å². The third-order valence-corrected chi connectivity index (χ3v) is 4.00. The van der Waals surface area contributed by atoms with Gasteiger partial charge < -0.3 is 5.32 Å². The molecule has 1 aromatic heterocycles. The molecule has 1 saturated heterocycles. The van der Waals surface area contributed by atoms with Crippen molar-refractivity contribution in [2.24, 2.45) is 0 Å². The molecule has 3 rings (SSSR count). The van der Waals surface area contributed by atoms with Crippen LogP contribution in [0, 0.1) is 0 Å².